The number of hydrogen-bond donors (Lipinski definition) is 2. The maximum atomic E-state index is 13.1. The SMILES string of the molecule is Cc1ccc(N([C@H](C(=O)Nc2ccc(N3CCOCC3)cc2)C(C)C)S(=O)(=O)O)cc1. The molecule has 1 aliphatic rings. The lowest BCUT2D eigenvalue weighted by Gasteiger charge is -2.32. The van der Waals surface area contributed by atoms with Crippen molar-refractivity contribution < 1.29 is 22.5 Å². The molecule has 2 aromatic rings. The van der Waals surface area contributed by atoms with E-state index in [-0.39, 0.29) is 5.69 Å². The van der Waals surface area contributed by atoms with E-state index in [1.807, 2.05) is 19.1 Å². The maximum Gasteiger partial charge on any atom is 0.360 e. The fraction of sp³-hybridized carbons (Fsp3) is 0.409. The van der Waals surface area contributed by atoms with Crippen LogP contribution < -0.4 is 14.5 Å². The van der Waals surface area contributed by atoms with Crippen LogP contribution in [0.5, 0.6) is 0 Å². The van der Waals surface area contributed by atoms with Gasteiger partial charge in [-0.15, -0.1) is 0 Å². The molecule has 1 atom stereocenters. The standard InChI is InChI=1S/C22H29N3O5S/c1-16(2)21(25(31(27,28)29)20-8-4-17(3)5-9-20)22(26)23-18-6-10-19(11-7-18)24-12-14-30-15-13-24/h4-11,16,21H,12-15H2,1-3H3,(H,23,26)(H,27,28,29)/t21-/m0/s1. The molecule has 0 saturated carbocycles. The van der Waals surface area contributed by atoms with Gasteiger partial charge in [0.25, 0.3) is 0 Å². The fourth-order valence-electron chi connectivity index (χ4n) is 3.60. The van der Waals surface area contributed by atoms with Crippen molar-refractivity contribution in [3.63, 3.8) is 0 Å². The Bertz CT molecular complexity index is 985. The highest BCUT2D eigenvalue weighted by molar-refractivity contribution is 7.87. The van der Waals surface area contributed by atoms with E-state index in [2.05, 4.69) is 10.2 Å². The molecule has 0 aliphatic carbocycles. The van der Waals surface area contributed by atoms with Gasteiger partial charge in [0.15, 0.2) is 0 Å². The number of morpholine rings is 1. The minimum Gasteiger partial charge on any atom is -0.378 e. The Hall–Kier alpha value is -2.62. The van der Waals surface area contributed by atoms with Gasteiger partial charge in [-0.1, -0.05) is 31.5 Å². The molecule has 0 unspecified atom stereocenters. The van der Waals surface area contributed by atoms with Crippen LogP contribution in [0.25, 0.3) is 0 Å². The van der Waals surface area contributed by atoms with E-state index in [0.717, 1.165) is 28.6 Å². The van der Waals surface area contributed by atoms with Gasteiger partial charge in [0.2, 0.25) is 5.91 Å². The molecule has 8 nitrogen and oxygen atoms in total. The summed E-state index contributed by atoms with van der Waals surface area (Å²) in [4.78, 5) is 15.3. The molecule has 31 heavy (non-hydrogen) atoms. The second-order valence-corrected chi connectivity index (χ2v) is 9.22. The monoisotopic (exact) mass is 447 g/mol. The van der Waals surface area contributed by atoms with Crippen LogP contribution in [0.3, 0.4) is 0 Å². The third kappa shape index (κ3) is 5.75. The average Bonchev–Trinajstić information content (AvgIpc) is 2.73. The van der Waals surface area contributed by atoms with E-state index in [4.69, 9.17) is 4.74 Å². The Labute approximate surface area is 183 Å². The lowest BCUT2D eigenvalue weighted by Crippen LogP contribution is -2.50. The van der Waals surface area contributed by atoms with Crippen LogP contribution in [0.2, 0.25) is 0 Å². The molecule has 3 rings (SSSR count). The molecule has 2 N–H and O–H groups in total. The molecule has 0 spiro atoms. The predicted molar refractivity (Wildman–Crippen MR) is 122 cm³/mol. The number of carbonyl (C=O) groups excluding carboxylic acids is 1. The summed E-state index contributed by atoms with van der Waals surface area (Å²) in [5.74, 6) is -0.914. The Morgan fingerprint density at radius 2 is 1.65 bits per heavy atom. The Kier molecular flexibility index (Phi) is 7.19. The molecule has 1 amide bonds. The number of aryl methyl sites for hydroxylation is 1. The molecule has 1 aliphatic heterocycles. The third-order valence-electron chi connectivity index (χ3n) is 5.20. The number of hydrogen-bond acceptors (Lipinski definition) is 5. The van der Waals surface area contributed by atoms with E-state index in [0.29, 0.717) is 18.9 Å². The Morgan fingerprint density at radius 1 is 1.06 bits per heavy atom. The van der Waals surface area contributed by atoms with E-state index in [1.165, 1.54) is 0 Å². The number of nitrogens with one attached hydrogen (secondary N) is 1. The van der Waals surface area contributed by atoms with Crippen molar-refractivity contribution in [1.29, 1.82) is 0 Å². The number of nitrogens with zero attached hydrogens (tertiary/aromatic N) is 2. The molecule has 9 heteroatoms. The molecule has 1 saturated heterocycles. The molecule has 0 radical (unpaired) electrons. The lowest BCUT2D eigenvalue weighted by atomic mass is 10.0. The second kappa shape index (κ2) is 9.67. The van der Waals surface area contributed by atoms with Gasteiger partial charge in [-0.05, 0) is 49.2 Å². The second-order valence-electron chi connectivity index (χ2n) is 7.93. The molecule has 1 heterocycles. The summed E-state index contributed by atoms with van der Waals surface area (Å²) in [5, 5.41) is 2.79. The van der Waals surface area contributed by atoms with Crippen molar-refractivity contribution >= 4 is 33.3 Å². The van der Waals surface area contributed by atoms with Gasteiger partial charge in [-0.25, -0.2) is 4.31 Å². The number of rotatable bonds is 7. The molecule has 0 bridgehead atoms. The Balaban J connectivity index is 1.82. The number of ether oxygens (including phenoxy) is 1. The topological polar surface area (TPSA) is 99.2 Å². The van der Waals surface area contributed by atoms with Crippen LogP contribution in [0.4, 0.5) is 17.1 Å². The van der Waals surface area contributed by atoms with E-state index in [9.17, 15) is 17.8 Å². The highest BCUT2D eigenvalue weighted by Gasteiger charge is 2.36. The van der Waals surface area contributed by atoms with Gasteiger partial charge >= 0.3 is 10.3 Å². The van der Waals surface area contributed by atoms with E-state index < -0.39 is 28.2 Å². The zero-order valence-electron chi connectivity index (χ0n) is 18.0. The first-order valence-electron chi connectivity index (χ1n) is 10.2. The highest BCUT2D eigenvalue weighted by atomic mass is 32.2. The van der Waals surface area contributed by atoms with Crippen LogP contribution in [-0.2, 0) is 19.8 Å². The highest BCUT2D eigenvalue weighted by Crippen LogP contribution is 2.26. The average molecular weight is 448 g/mol. The number of carbonyl (C=O) groups is 1. The minimum absolute atomic E-state index is 0.226. The first-order chi connectivity index (χ1) is 14.7. The summed E-state index contributed by atoms with van der Waals surface area (Å²) in [6, 6.07) is 12.9. The number of anilines is 3. The van der Waals surface area contributed by atoms with Crippen molar-refractivity contribution in [2.24, 2.45) is 5.92 Å². The first kappa shape index (κ1) is 23.1. The molecular formula is C22H29N3O5S. The minimum atomic E-state index is -4.68. The summed E-state index contributed by atoms with van der Waals surface area (Å²) in [6.07, 6.45) is 0. The van der Waals surface area contributed by atoms with Crippen LogP contribution >= 0.6 is 0 Å². The molecule has 0 aromatic heterocycles. The van der Waals surface area contributed by atoms with Gasteiger partial charge in [-0.2, -0.15) is 8.42 Å². The predicted octanol–water partition coefficient (Wildman–Crippen LogP) is 3.10. The van der Waals surface area contributed by atoms with Crippen molar-refractivity contribution in [1.82, 2.24) is 0 Å². The van der Waals surface area contributed by atoms with Crippen molar-refractivity contribution in [3.05, 3.63) is 54.1 Å². The number of benzene rings is 2. The van der Waals surface area contributed by atoms with Gasteiger partial charge in [-0.3, -0.25) is 9.35 Å². The summed E-state index contributed by atoms with van der Waals surface area (Å²) in [7, 11) is -4.68. The molecule has 168 valence electrons. The summed E-state index contributed by atoms with van der Waals surface area (Å²) >= 11 is 0. The first-order valence-corrected chi connectivity index (χ1v) is 11.6. The lowest BCUT2D eigenvalue weighted by molar-refractivity contribution is -0.118. The maximum absolute atomic E-state index is 13.1. The van der Waals surface area contributed by atoms with Gasteiger partial charge < -0.3 is 15.0 Å². The van der Waals surface area contributed by atoms with Crippen molar-refractivity contribution in [3.8, 4) is 0 Å². The largest absolute Gasteiger partial charge is 0.378 e. The van der Waals surface area contributed by atoms with Crippen LogP contribution in [-0.4, -0.2) is 51.2 Å². The number of amides is 1. The molecule has 1 fully saturated rings. The normalized spacial score (nSPS) is 15.6. The molecular weight excluding hydrogens is 418 g/mol. The molecule has 2 aromatic carbocycles. The van der Waals surface area contributed by atoms with Crippen molar-refractivity contribution in [2.75, 3.05) is 40.8 Å². The quantitative estimate of drug-likeness (QED) is 0.633. The van der Waals surface area contributed by atoms with Crippen LogP contribution in [0.1, 0.15) is 19.4 Å². The van der Waals surface area contributed by atoms with Gasteiger partial charge in [0.05, 0.1) is 18.9 Å². The van der Waals surface area contributed by atoms with E-state index >= 15 is 0 Å². The van der Waals surface area contributed by atoms with Crippen LogP contribution in [0.15, 0.2) is 48.5 Å². The van der Waals surface area contributed by atoms with E-state index in [1.54, 1.807) is 50.2 Å². The Morgan fingerprint density at radius 3 is 2.16 bits per heavy atom. The van der Waals surface area contributed by atoms with Gasteiger partial charge in [0, 0.05) is 24.5 Å². The zero-order valence-corrected chi connectivity index (χ0v) is 18.8. The zero-order chi connectivity index (χ0) is 22.6. The summed E-state index contributed by atoms with van der Waals surface area (Å²) in [6.45, 7) is 8.31. The summed E-state index contributed by atoms with van der Waals surface area (Å²) in [5.41, 5.74) is 2.74. The smallest absolute Gasteiger partial charge is 0.360 e. The third-order valence-corrected chi connectivity index (χ3v) is 6.14. The van der Waals surface area contributed by atoms with Crippen LogP contribution in [0, 0.1) is 12.8 Å². The van der Waals surface area contributed by atoms with Gasteiger partial charge in [0.1, 0.15) is 6.04 Å². The summed E-state index contributed by atoms with van der Waals surface area (Å²) < 4.78 is 40.5. The fourth-order valence-corrected chi connectivity index (χ4v) is 4.62. The van der Waals surface area contributed by atoms with Crippen molar-refractivity contribution in [2.45, 2.75) is 26.8 Å².